The van der Waals surface area contributed by atoms with E-state index < -0.39 is 0 Å². The summed E-state index contributed by atoms with van der Waals surface area (Å²) in [6, 6.07) is 1.88. The van der Waals surface area contributed by atoms with Gasteiger partial charge in [-0.15, -0.1) is 0 Å². The van der Waals surface area contributed by atoms with Crippen molar-refractivity contribution in [2.45, 2.75) is 46.5 Å². The molecule has 0 unspecified atom stereocenters. The number of nitrogen functional groups attached to an aromatic ring is 1. The summed E-state index contributed by atoms with van der Waals surface area (Å²) in [7, 11) is 0. The summed E-state index contributed by atoms with van der Waals surface area (Å²) >= 11 is 0. The van der Waals surface area contributed by atoms with Gasteiger partial charge in [-0.1, -0.05) is 27.2 Å². The van der Waals surface area contributed by atoms with Gasteiger partial charge in [-0.25, -0.2) is 9.97 Å². The fraction of sp³-hybridized carbons (Fsp3) is 0.667. The van der Waals surface area contributed by atoms with Gasteiger partial charge in [0, 0.05) is 18.2 Å². The molecule has 3 nitrogen and oxygen atoms in total. The Labute approximate surface area is 92.1 Å². The lowest BCUT2D eigenvalue weighted by Crippen LogP contribution is -2.05. The van der Waals surface area contributed by atoms with E-state index in [-0.39, 0.29) is 0 Å². The molecule has 0 spiro atoms. The number of nitrogens with two attached hydrogens (primary N) is 1. The van der Waals surface area contributed by atoms with Crippen molar-refractivity contribution in [3.05, 3.63) is 17.6 Å². The van der Waals surface area contributed by atoms with Gasteiger partial charge >= 0.3 is 0 Å². The third-order valence-corrected chi connectivity index (χ3v) is 2.22. The van der Waals surface area contributed by atoms with E-state index in [4.69, 9.17) is 5.73 Å². The lowest BCUT2D eigenvalue weighted by Gasteiger charge is -2.07. The molecule has 0 radical (unpaired) electrons. The molecule has 0 bridgehead atoms. The highest BCUT2D eigenvalue weighted by molar-refractivity contribution is 5.30. The SMILES string of the molecule is CCCCc1nc(N)cc(CC(C)C)n1. The first kappa shape index (κ1) is 12.0. The maximum Gasteiger partial charge on any atom is 0.130 e. The van der Waals surface area contributed by atoms with Gasteiger partial charge in [0.25, 0.3) is 0 Å². The molecule has 15 heavy (non-hydrogen) atoms. The molecular formula is C12H21N3. The molecule has 2 N–H and O–H groups in total. The van der Waals surface area contributed by atoms with Crippen LogP contribution in [-0.2, 0) is 12.8 Å². The fourth-order valence-corrected chi connectivity index (χ4v) is 1.54. The second-order valence-corrected chi connectivity index (χ2v) is 4.40. The van der Waals surface area contributed by atoms with Crippen molar-refractivity contribution < 1.29 is 0 Å². The van der Waals surface area contributed by atoms with Gasteiger partial charge in [-0.3, -0.25) is 0 Å². The number of unbranched alkanes of at least 4 members (excludes halogenated alkanes) is 1. The standard InChI is InChI=1S/C12H21N3/c1-4-5-6-12-14-10(7-9(2)3)8-11(13)15-12/h8-9H,4-7H2,1-3H3,(H2,13,14,15). The van der Waals surface area contributed by atoms with Gasteiger partial charge < -0.3 is 5.73 Å². The number of anilines is 1. The van der Waals surface area contributed by atoms with E-state index in [0.717, 1.165) is 37.2 Å². The van der Waals surface area contributed by atoms with Crippen LogP contribution in [-0.4, -0.2) is 9.97 Å². The summed E-state index contributed by atoms with van der Waals surface area (Å²) in [5.74, 6) is 2.11. The summed E-state index contributed by atoms with van der Waals surface area (Å²) in [5.41, 5.74) is 6.83. The van der Waals surface area contributed by atoms with Crippen LogP contribution in [0.3, 0.4) is 0 Å². The number of aryl methyl sites for hydroxylation is 1. The minimum absolute atomic E-state index is 0.603. The van der Waals surface area contributed by atoms with Crippen molar-refractivity contribution in [1.82, 2.24) is 9.97 Å². The van der Waals surface area contributed by atoms with Crippen LogP contribution in [0.25, 0.3) is 0 Å². The van der Waals surface area contributed by atoms with E-state index in [1.807, 2.05) is 6.07 Å². The average Bonchev–Trinajstić information content (AvgIpc) is 2.12. The zero-order chi connectivity index (χ0) is 11.3. The molecule has 1 aromatic heterocycles. The molecule has 1 rings (SSSR count). The monoisotopic (exact) mass is 207 g/mol. The van der Waals surface area contributed by atoms with Gasteiger partial charge in [0.2, 0.25) is 0 Å². The Morgan fingerprint density at radius 1 is 1.33 bits per heavy atom. The van der Waals surface area contributed by atoms with Crippen LogP contribution in [0.2, 0.25) is 0 Å². The maximum atomic E-state index is 5.76. The topological polar surface area (TPSA) is 51.8 Å². The second-order valence-electron chi connectivity index (χ2n) is 4.40. The van der Waals surface area contributed by atoms with Gasteiger partial charge in [0.05, 0.1) is 0 Å². The van der Waals surface area contributed by atoms with Crippen molar-refractivity contribution in [3.63, 3.8) is 0 Å². The summed E-state index contributed by atoms with van der Waals surface area (Å²) in [6.45, 7) is 6.54. The molecule has 0 aliphatic heterocycles. The molecule has 0 amide bonds. The highest BCUT2D eigenvalue weighted by Crippen LogP contribution is 2.10. The lowest BCUT2D eigenvalue weighted by molar-refractivity contribution is 0.628. The first-order valence-electron chi connectivity index (χ1n) is 5.74. The summed E-state index contributed by atoms with van der Waals surface area (Å²) in [5, 5.41) is 0. The lowest BCUT2D eigenvalue weighted by atomic mass is 10.1. The highest BCUT2D eigenvalue weighted by Gasteiger charge is 2.04. The maximum absolute atomic E-state index is 5.76. The Morgan fingerprint density at radius 3 is 2.67 bits per heavy atom. The fourth-order valence-electron chi connectivity index (χ4n) is 1.54. The van der Waals surface area contributed by atoms with E-state index in [1.165, 1.54) is 0 Å². The Kier molecular flexibility index (Phi) is 4.53. The predicted molar refractivity (Wildman–Crippen MR) is 63.6 cm³/mol. The number of aromatic nitrogens is 2. The first-order chi connectivity index (χ1) is 7.11. The molecule has 0 fully saturated rings. The highest BCUT2D eigenvalue weighted by atomic mass is 14.9. The smallest absolute Gasteiger partial charge is 0.130 e. The van der Waals surface area contributed by atoms with Crippen LogP contribution in [0.1, 0.15) is 45.1 Å². The largest absolute Gasteiger partial charge is 0.384 e. The molecule has 0 aliphatic carbocycles. The van der Waals surface area contributed by atoms with Gasteiger partial charge in [-0.2, -0.15) is 0 Å². The Balaban J connectivity index is 2.75. The Bertz CT molecular complexity index is 308. The number of rotatable bonds is 5. The summed E-state index contributed by atoms with van der Waals surface area (Å²) < 4.78 is 0. The quantitative estimate of drug-likeness (QED) is 0.807. The van der Waals surface area contributed by atoms with E-state index in [2.05, 4.69) is 30.7 Å². The molecule has 84 valence electrons. The molecule has 0 aliphatic rings. The van der Waals surface area contributed by atoms with E-state index in [1.54, 1.807) is 0 Å². The van der Waals surface area contributed by atoms with Crippen LogP contribution in [0.4, 0.5) is 5.82 Å². The van der Waals surface area contributed by atoms with Crippen LogP contribution in [0.5, 0.6) is 0 Å². The summed E-state index contributed by atoms with van der Waals surface area (Å²) in [4.78, 5) is 8.77. The van der Waals surface area contributed by atoms with Crippen molar-refractivity contribution in [2.75, 3.05) is 5.73 Å². The average molecular weight is 207 g/mol. The van der Waals surface area contributed by atoms with Gasteiger partial charge in [0.15, 0.2) is 0 Å². The van der Waals surface area contributed by atoms with Crippen molar-refractivity contribution >= 4 is 5.82 Å². The second kappa shape index (κ2) is 5.69. The van der Waals surface area contributed by atoms with Crippen LogP contribution in [0, 0.1) is 5.92 Å². The van der Waals surface area contributed by atoms with Crippen LogP contribution < -0.4 is 5.73 Å². The molecule has 1 aromatic rings. The predicted octanol–water partition coefficient (Wildman–Crippen LogP) is 2.60. The third-order valence-electron chi connectivity index (χ3n) is 2.22. The van der Waals surface area contributed by atoms with E-state index >= 15 is 0 Å². The van der Waals surface area contributed by atoms with Crippen LogP contribution in [0.15, 0.2) is 6.07 Å². The Hall–Kier alpha value is -1.12. The zero-order valence-electron chi connectivity index (χ0n) is 9.95. The molecule has 0 saturated carbocycles. The molecule has 1 heterocycles. The first-order valence-corrected chi connectivity index (χ1v) is 5.74. The van der Waals surface area contributed by atoms with Crippen molar-refractivity contribution in [2.24, 2.45) is 5.92 Å². The van der Waals surface area contributed by atoms with Gasteiger partial charge in [-0.05, 0) is 18.8 Å². The molecule has 3 heteroatoms. The number of hydrogen-bond acceptors (Lipinski definition) is 3. The van der Waals surface area contributed by atoms with Gasteiger partial charge in [0.1, 0.15) is 11.6 Å². The molecular weight excluding hydrogens is 186 g/mol. The Morgan fingerprint density at radius 2 is 2.07 bits per heavy atom. The molecule has 0 aromatic carbocycles. The van der Waals surface area contributed by atoms with Crippen molar-refractivity contribution in [1.29, 1.82) is 0 Å². The minimum Gasteiger partial charge on any atom is -0.384 e. The number of hydrogen-bond donors (Lipinski definition) is 1. The number of nitrogens with zero attached hydrogens (tertiary/aromatic N) is 2. The van der Waals surface area contributed by atoms with E-state index in [9.17, 15) is 0 Å². The normalized spacial score (nSPS) is 10.9. The van der Waals surface area contributed by atoms with Crippen molar-refractivity contribution in [3.8, 4) is 0 Å². The summed E-state index contributed by atoms with van der Waals surface area (Å²) in [6.07, 6.45) is 4.21. The third kappa shape index (κ3) is 4.28. The van der Waals surface area contributed by atoms with Crippen LogP contribution >= 0.6 is 0 Å². The molecule has 0 atom stereocenters. The molecule has 0 saturated heterocycles. The van der Waals surface area contributed by atoms with E-state index in [0.29, 0.717) is 11.7 Å². The zero-order valence-corrected chi connectivity index (χ0v) is 9.95. The minimum atomic E-state index is 0.603.